The zero-order valence-electron chi connectivity index (χ0n) is 10.9. The van der Waals surface area contributed by atoms with Crippen molar-refractivity contribution >= 4 is 28.8 Å². The summed E-state index contributed by atoms with van der Waals surface area (Å²) in [6.07, 6.45) is 0. The summed E-state index contributed by atoms with van der Waals surface area (Å²) in [5.41, 5.74) is 11.4. The van der Waals surface area contributed by atoms with E-state index in [9.17, 15) is 9.18 Å². The second kappa shape index (κ2) is 7.49. The molecule has 0 heterocycles. The van der Waals surface area contributed by atoms with E-state index in [4.69, 9.17) is 16.9 Å². The van der Waals surface area contributed by atoms with E-state index < -0.39 is 0 Å². The van der Waals surface area contributed by atoms with Crippen LogP contribution in [0.25, 0.3) is 0 Å². The number of carbonyl (C=O) groups is 1. The van der Waals surface area contributed by atoms with Gasteiger partial charge in [-0.05, 0) is 24.1 Å². The summed E-state index contributed by atoms with van der Waals surface area (Å²) in [5, 5.41) is 9.83. The molecule has 0 aromatic heterocycles. The van der Waals surface area contributed by atoms with Crippen LogP contribution in [0.3, 0.4) is 0 Å². The van der Waals surface area contributed by atoms with Crippen LogP contribution in [0.4, 0.5) is 4.39 Å². The number of halogens is 1. The molecule has 0 saturated heterocycles. The minimum atomic E-state index is -0.305. The van der Waals surface area contributed by atoms with E-state index >= 15 is 0 Å². The number of nitrogens with one attached hydrogen (secondary N) is 2. The predicted octanol–water partition coefficient (Wildman–Crippen LogP) is 0.692. The average Bonchev–Trinajstić information content (AvgIpc) is 2.37. The topological polar surface area (TPSA) is 117 Å². The number of nitrogens with zero attached hydrogens (tertiary/aromatic N) is 1. The van der Waals surface area contributed by atoms with Crippen LogP contribution < -0.4 is 16.8 Å². The van der Waals surface area contributed by atoms with Crippen molar-refractivity contribution in [2.75, 3.05) is 5.75 Å². The standard InChI is InChI=1S/C12H16FN5OS/c1-7-2-3-8(4-9(7)13)5-17-10(19)6-20-12(16)18-11(14)15/h2-4H,5-6H2,1H3,(H,17,19)(H5,14,15,16,18). The predicted molar refractivity (Wildman–Crippen MR) is 79.0 cm³/mol. The molecule has 1 aromatic carbocycles. The fourth-order valence-corrected chi connectivity index (χ4v) is 1.82. The molecule has 0 aliphatic rings. The highest BCUT2D eigenvalue weighted by Crippen LogP contribution is 2.09. The number of guanidine groups is 1. The lowest BCUT2D eigenvalue weighted by Crippen LogP contribution is -2.26. The Hall–Kier alpha value is -2.09. The van der Waals surface area contributed by atoms with Gasteiger partial charge in [0.1, 0.15) is 5.82 Å². The van der Waals surface area contributed by atoms with Crippen LogP contribution in [0.15, 0.2) is 23.2 Å². The Morgan fingerprint density at radius 2 is 2.20 bits per heavy atom. The molecule has 0 atom stereocenters. The molecule has 6 N–H and O–H groups in total. The van der Waals surface area contributed by atoms with E-state index in [0.717, 1.165) is 11.8 Å². The van der Waals surface area contributed by atoms with Crippen LogP contribution in [-0.2, 0) is 11.3 Å². The van der Waals surface area contributed by atoms with E-state index in [-0.39, 0.29) is 35.1 Å². The van der Waals surface area contributed by atoms with Crippen molar-refractivity contribution in [2.45, 2.75) is 13.5 Å². The molecule has 0 saturated carbocycles. The Kier molecular flexibility index (Phi) is 5.98. The van der Waals surface area contributed by atoms with Crippen molar-refractivity contribution in [3.8, 4) is 0 Å². The number of carbonyl (C=O) groups excluding carboxylic acids is 1. The molecule has 108 valence electrons. The lowest BCUT2D eigenvalue weighted by atomic mass is 10.1. The normalized spacial score (nSPS) is 9.90. The average molecular weight is 297 g/mol. The van der Waals surface area contributed by atoms with Crippen molar-refractivity contribution in [1.82, 2.24) is 5.32 Å². The number of hydrogen-bond donors (Lipinski definition) is 4. The molecule has 6 nitrogen and oxygen atoms in total. The van der Waals surface area contributed by atoms with Gasteiger partial charge in [-0.15, -0.1) is 0 Å². The number of nitrogens with two attached hydrogens (primary N) is 2. The Balaban J connectivity index is 2.38. The van der Waals surface area contributed by atoms with Gasteiger partial charge >= 0.3 is 0 Å². The van der Waals surface area contributed by atoms with Gasteiger partial charge in [0, 0.05) is 6.54 Å². The first-order chi connectivity index (χ1) is 9.38. The van der Waals surface area contributed by atoms with Crippen LogP contribution in [0.5, 0.6) is 0 Å². The number of thioether (sulfide) groups is 1. The number of aliphatic imine (C=N–C) groups is 1. The summed E-state index contributed by atoms with van der Waals surface area (Å²) in [7, 11) is 0. The SMILES string of the molecule is Cc1ccc(CNC(=O)CSC(=N)N=C(N)N)cc1F. The first kappa shape index (κ1) is 16.0. The fraction of sp³-hybridized carbons (Fsp3) is 0.250. The van der Waals surface area contributed by atoms with Crippen LogP contribution in [0.2, 0.25) is 0 Å². The van der Waals surface area contributed by atoms with Gasteiger partial charge in [0.25, 0.3) is 0 Å². The molecule has 1 amide bonds. The van der Waals surface area contributed by atoms with Gasteiger partial charge in [0.15, 0.2) is 11.1 Å². The Labute approximate surface area is 120 Å². The summed E-state index contributed by atoms with van der Waals surface area (Å²) in [6, 6.07) is 4.78. The van der Waals surface area contributed by atoms with Gasteiger partial charge in [-0.2, -0.15) is 4.99 Å². The number of amides is 1. The number of rotatable bonds is 4. The molecular formula is C12H16FN5OS. The maximum Gasteiger partial charge on any atom is 0.230 e. The zero-order chi connectivity index (χ0) is 15.1. The van der Waals surface area contributed by atoms with Gasteiger partial charge in [0.2, 0.25) is 5.91 Å². The highest BCUT2D eigenvalue weighted by Gasteiger charge is 2.05. The van der Waals surface area contributed by atoms with Crippen LogP contribution in [-0.4, -0.2) is 22.8 Å². The number of aryl methyl sites for hydroxylation is 1. The first-order valence-electron chi connectivity index (χ1n) is 5.71. The molecular weight excluding hydrogens is 281 g/mol. The molecule has 0 aliphatic heterocycles. The maximum atomic E-state index is 13.3. The Morgan fingerprint density at radius 3 is 2.80 bits per heavy atom. The van der Waals surface area contributed by atoms with Crippen LogP contribution in [0.1, 0.15) is 11.1 Å². The highest BCUT2D eigenvalue weighted by atomic mass is 32.2. The molecule has 0 bridgehead atoms. The monoisotopic (exact) mass is 297 g/mol. The van der Waals surface area contributed by atoms with Crippen molar-refractivity contribution in [2.24, 2.45) is 16.5 Å². The molecule has 0 spiro atoms. The van der Waals surface area contributed by atoms with Crippen LogP contribution in [0, 0.1) is 18.2 Å². The molecule has 1 rings (SSSR count). The summed E-state index contributed by atoms with van der Waals surface area (Å²) in [4.78, 5) is 15.0. The quantitative estimate of drug-likeness (QED) is 0.483. The number of hydrogen-bond acceptors (Lipinski definition) is 3. The Morgan fingerprint density at radius 1 is 1.50 bits per heavy atom. The minimum absolute atomic E-state index is 0.0178. The third-order valence-corrected chi connectivity index (χ3v) is 3.07. The molecule has 0 fully saturated rings. The molecule has 1 aromatic rings. The summed E-state index contributed by atoms with van der Waals surface area (Å²) in [5.74, 6) is -0.797. The molecule has 0 unspecified atom stereocenters. The lowest BCUT2D eigenvalue weighted by molar-refractivity contribution is -0.118. The number of benzene rings is 1. The smallest absolute Gasteiger partial charge is 0.230 e. The fourth-order valence-electron chi connectivity index (χ4n) is 1.28. The van der Waals surface area contributed by atoms with E-state index in [2.05, 4.69) is 10.3 Å². The summed E-state index contributed by atoms with van der Waals surface area (Å²) < 4.78 is 13.3. The van der Waals surface area contributed by atoms with Gasteiger partial charge in [-0.3, -0.25) is 10.2 Å². The van der Waals surface area contributed by atoms with E-state index in [1.54, 1.807) is 19.1 Å². The summed E-state index contributed by atoms with van der Waals surface area (Å²) in [6.45, 7) is 1.90. The third-order valence-electron chi connectivity index (χ3n) is 2.30. The van der Waals surface area contributed by atoms with Crippen molar-refractivity contribution in [3.63, 3.8) is 0 Å². The maximum absolute atomic E-state index is 13.3. The minimum Gasteiger partial charge on any atom is -0.370 e. The van der Waals surface area contributed by atoms with Gasteiger partial charge in [0.05, 0.1) is 5.75 Å². The largest absolute Gasteiger partial charge is 0.370 e. The van der Waals surface area contributed by atoms with E-state index in [0.29, 0.717) is 11.1 Å². The van der Waals surface area contributed by atoms with E-state index in [1.807, 2.05) is 0 Å². The molecule has 0 radical (unpaired) electrons. The van der Waals surface area contributed by atoms with Crippen molar-refractivity contribution in [1.29, 1.82) is 5.41 Å². The Bertz CT molecular complexity index is 543. The zero-order valence-corrected chi connectivity index (χ0v) is 11.8. The summed E-state index contributed by atoms with van der Waals surface area (Å²) >= 11 is 0.903. The first-order valence-corrected chi connectivity index (χ1v) is 6.69. The van der Waals surface area contributed by atoms with E-state index in [1.165, 1.54) is 6.07 Å². The molecule has 0 aliphatic carbocycles. The highest BCUT2D eigenvalue weighted by molar-refractivity contribution is 8.14. The second-order valence-corrected chi connectivity index (χ2v) is 4.95. The van der Waals surface area contributed by atoms with Crippen LogP contribution >= 0.6 is 11.8 Å². The van der Waals surface area contributed by atoms with Crippen molar-refractivity contribution in [3.05, 3.63) is 35.1 Å². The third kappa shape index (κ3) is 5.70. The molecule has 20 heavy (non-hydrogen) atoms. The van der Waals surface area contributed by atoms with Crippen molar-refractivity contribution < 1.29 is 9.18 Å². The van der Waals surface area contributed by atoms with Gasteiger partial charge in [-0.1, -0.05) is 23.9 Å². The lowest BCUT2D eigenvalue weighted by Gasteiger charge is -2.06. The van der Waals surface area contributed by atoms with Gasteiger partial charge < -0.3 is 16.8 Å². The second-order valence-electron chi connectivity index (χ2n) is 3.99. The molecule has 8 heteroatoms. The number of amidine groups is 1. The van der Waals surface area contributed by atoms with Gasteiger partial charge in [-0.25, -0.2) is 4.39 Å².